The lowest BCUT2D eigenvalue weighted by Gasteiger charge is -2.23. The highest BCUT2D eigenvalue weighted by Gasteiger charge is 2.65. The molecular formula is C20H24O4. The number of ether oxygens (including phenoxy) is 2. The molecule has 2 unspecified atom stereocenters. The normalized spacial score (nSPS) is 31.3. The quantitative estimate of drug-likeness (QED) is 0.775. The molecule has 2 saturated carbocycles. The molecule has 1 spiro atoms. The van der Waals surface area contributed by atoms with Crippen molar-refractivity contribution in [2.75, 3.05) is 6.61 Å². The molecule has 1 aromatic rings. The van der Waals surface area contributed by atoms with Crippen molar-refractivity contribution in [2.24, 2.45) is 17.3 Å². The van der Waals surface area contributed by atoms with Crippen molar-refractivity contribution in [3.05, 3.63) is 42.0 Å². The summed E-state index contributed by atoms with van der Waals surface area (Å²) in [5, 5.41) is 0. The van der Waals surface area contributed by atoms with Crippen molar-refractivity contribution in [3.63, 3.8) is 0 Å². The number of hydrogen-bond donors (Lipinski definition) is 0. The van der Waals surface area contributed by atoms with Gasteiger partial charge in [0.05, 0.1) is 6.61 Å². The smallest absolute Gasteiger partial charge is 0.302 e. The number of allylic oxidation sites excluding steroid dienone is 1. The van der Waals surface area contributed by atoms with Gasteiger partial charge < -0.3 is 9.47 Å². The van der Waals surface area contributed by atoms with Crippen molar-refractivity contribution in [3.8, 4) is 0 Å². The van der Waals surface area contributed by atoms with Gasteiger partial charge in [0.1, 0.15) is 6.10 Å². The molecule has 0 N–H and O–H groups in total. The summed E-state index contributed by atoms with van der Waals surface area (Å²) in [5.74, 6) is 0.0646. The second-order valence-electron chi connectivity index (χ2n) is 6.92. The lowest BCUT2D eigenvalue weighted by molar-refractivity contribution is -0.147. The van der Waals surface area contributed by atoms with Crippen LogP contribution in [0, 0.1) is 17.3 Å². The lowest BCUT2D eigenvalue weighted by Crippen LogP contribution is -2.26. The van der Waals surface area contributed by atoms with E-state index in [1.165, 1.54) is 13.8 Å². The van der Waals surface area contributed by atoms with Gasteiger partial charge in [-0.25, -0.2) is 0 Å². The van der Waals surface area contributed by atoms with Gasteiger partial charge in [-0.3, -0.25) is 9.59 Å². The molecule has 2 aliphatic rings. The molecule has 0 aromatic heterocycles. The fourth-order valence-electron chi connectivity index (χ4n) is 4.07. The second-order valence-corrected chi connectivity index (χ2v) is 6.92. The number of rotatable bonds is 5. The van der Waals surface area contributed by atoms with Crippen LogP contribution in [0.2, 0.25) is 0 Å². The molecule has 128 valence electrons. The van der Waals surface area contributed by atoms with Crippen molar-refractivity contribution < 1.29 is 19.1 Å². The average Bonchev–Trinajstić information content (AvgIpc) is 3.09. The van der Waals surface area contributed by atoms with E-state index in [2.05, 4.69) is 24.3 Å². The number of benzene rings is 1. The van der Waals surface area contributed by atoms with Crippen molar-refractivity contribution >= 4 is 18.0 Å². The molecule has 0 radical (unpaired) electrons. The number of esters is 2. The summed E-state index contributed by atoms with van der Waals surface area (Å²) in [6.45, 7) is 3.29. The minimum Gasteiger partial charge on any atom is -0.466 e. The number of hydrogen-bond acceptors (Lipinski definition) is 4. The van der Waals surface area contributed by atoms with E-state index in [0.29, 0.717) is 12.5 Å². The van der Waals surface area contributed by atoms with E-state index in [0.717, 1.165) is 24.8 Å². The zero-order valence-corrected chi connectivity index (χ0v) is 14.2. The van der Waals surface area contributed by atoms with E-state index in [-0.39, 0.29) is 29.4 Å². The Morgan fingerprint density at radius 2 is 1.96 bits per heavy atom. The zero-order valence-electron chi connectivity index (χ0n) is 14.2. The molecule has 0 aliphatic heterocycles. The van der Waals surface area contributed by atoms with Crippen LogP contribution in [0.1, 0.15) is 38.7 Å². The highest BCUT2D eigenvalue weighted by Crippen LogP contribution is 2.64. The molecule has 4 atom stereocenters. The SMILES string of the molecule is CC(=O)OC[C@H]1[C@H](/C=C\c2ccccc2)CCC12CC2OC(C)=O. The van der Waals surface area contributed by atoms with Gasteiger partial charge in [0.25, 0.3) is 0 Å². The Balaban J connectivity index is 1.73. The van der Waals surface area contributed by atoms with Crippen LogP contribution in [-0.4, -0.2) is 24.6 Å². The van der Waals surface area contributed by atoms with Crippen LogP contribution in [0.4, 0.5) is 0 Å². The fourth-order valence-corrected chi connectivity index (χ4v) is 4.07. The first-order valence-corrected chi connectivity index (χ1v) is 8.55. The summed E-state index contributed by atoms with van der Waals surface area (Å²) < 4.78 is 10.8. The molecule has 0 saturated heterocycles. The van der Waals surface area contributed by atoms with Crippen LogP contribution >= 0.6 is 0 Å². The lowest BCUT2D eigenvalue weighted by atomic mass is 9.86. The first-order chi connectivity index (χ1) is 11.5. The molecular weight excluding hydrogens is 304 g/mol. The van der Waals surface area contributed by atoms with Crippen LogP contribution in [-0.2, 0) is 19.1 Å². The van der Waals surface area contributed by atoms with Crippen molar-refractivity contribution in [1.82, 2.24) is 0 Å². The fraction of sp³-hybridized carbons (Fsp3) is 0.500. The van der Waals surface area contributed by atoms with Crippen molar-refractivity contribution in [2.45, 2.75) is 39.2 Å². The van der Waals surface area contributed by atoms with Gasteiger partial charge in [-0.1, -0.05) is 42.5 Å². The van der Waals surface area contributed by atoms with E-state index in [1.54, 1.807) is 0 Å². The number of carbonyl (C=O) groups is 2. The van der Waals surface area contributed by atoms with Crippen molar-refractivity contribution in [1.29, 1.82) is 0 Å². The Hall–Kier alpha value is -2.10. The maximum atomic E-state index is 11.3. The van der Waals surface area contributed by atoms with Gasteiger partial charge >= 0.3 is 11.9 Å². The molecule has 4 heteroatoms. The van der Waals surface area contributed by atoms with Crippen LogP contribution in [0.5, 0.6) is 0 Å². The maximum Gasteiger partial charge on any atom is 0.302 e. The summed E-state index contributed by atoms with van der Waals surface area (Å²) in [5.41, 5.74) is 1.16. The Kier molecular flexibility index (Phi) is 4.74. The summed E-state index contributed by atoms with van der Waals surface area (Å²) in [4.78, 5) is 22.5. The maximum absolute atomic E-state index is 11.3. The van der Waals surface area contributed by atoms with Crippen LogP contribution in [0.3, 0.4) is 0 Å². The zero-order chi connectivity index (χ0) is 17.2. The predicted molar refractivity (Wildman–Crippen MR) is 90.9 cm³/mol. The highest BCUT2D eigenvalue weighted by molar-refractivity contribution is 5.67. The molecule has 0 bridgehead atoms. The van der Waals surface area contributed by atoms with Gasteiger partial charge in [-0.15, -0.1) is 0 Å². The monoisotopic (exact) mass is 328 g/mol. The van der Waals surface area contributed by atoms with Crippen LogP contribution < -0.4 is 0 Å². The van der Waals surface area contributed by atoms with Crippen LogP contribution in [0.25, 0.3) is 6.08 Å². The molecule has 0 amide bonds. The summed E-state index contributed by atoms with van der Waals surface area (Å²) in [7, 11) is 0. The average molecular weight is 328 g/mol. The van der Waals surface area contributed by atoms with E-state index in [1.807, 2.05) is 18.2 Å². The molecule has 1 aromatic carbocycles. The third-order valence-corrected chi connectivity index (χ3v) is 5.35. The van der Waals surface area contributed by atoms with Crippen LogP contribution in [0.15, 0.2) is 36.4 Å². The molecule has 4 nitrogen and oxygen atoms in total. The van der Waals surface area contributed by atoms with Gasteiger partial charge in [0.2, 0.25) is 0 Å². The third kappa shape index (κ3) is 3.53. The Labute approximate surface area is 142 Å². The highest BCUT2D eigenvalue weighted by atomic mass is 16.6. The predicted octanol–water partition coefficient (Wildman–Crippen LogP) is 3.61. The summed E-state index contributed by atoms with van der Waals surface area (Å²) in [6.07, 6.45) is 7.27. The first-order valence-electron chi connectivity index (χ1n) is 8.55. The molecule has 3 rings (SSSR count). The first kappa shape index (κ1) is 16.7. The minimum atomic E-state index is -0.257. The van der Waals surface area contributed by atoms with E-state index in [9.17, 15) is 9.59 Å². The summed E-state index contributed by atoms with van der Waals surface area (Å²) in [6, 6.07) is 10.2. The van der Waals surface area contributed by atoms with E-state index in [4.69, 9.17) is 9.47 Å². The van der Waals surface area contributed by atoms with Gasteiger partial charge in [0, 0.05) is 25.2 Å². The summed E-state index contributed by atoms with van der Waals surface area (Å²) >= 11 is 0. The van der Waals surface area contributed by atoms with Gasteiger partial charge in [-0.05, 0) is 30.7 Å². The standard InChI is InChI=1S/C20H24O4/c1-14(21)23-13-18-17(9-8-16-6-4-3-5-7-16)10-11-20(18)12-19(20)24-15(2)22/h3-9,17-19H,10-13H2,1-2H3/b9-8-/t17-,18+,19?,20?/m1/s1. The van der Waals surface area contributed by atoms with Gasteiger partial charge in [0.15, 0.2) is 0 Å². The van der Waals surface area contributed by atoms with E-state index < -0.39 is 0 Å². The largest absolute Gasteiger partial charge is 0.466 e. The van der Waals surface area contributed by atoms with E-state index >= 15 is 0 Å². The number of carbonyl (C=O) groups excluding carboxylic acids is 2. The molecule has 2 aliphatic carbocycles. The van der Waals surface area contributed by atoms with Gasteiger partial charge in [-0.2, -0.15) is 0 Å². The minimum absolute atomic E-state index is 0.00713. The molecule has 24 heavy (non-hydrogen) atoms. The molecule has 2 fully saturated rings. The third-order valence-electron chi connectivity index (χ3n) is 5.35. The topological polar surface area (TPSA) is 52.6 Å². The Bertz CT molecular complexity index is 636. The molecule has 0 heterocycles. The Morgan fingerprint density at radius 1 is 1.21 bits per heavy atom. The Morgan fingerprint density at radius 3 is 2.62 bits per heavy atom. The second kappa shape index (κ2) is 6.80.